The zero-order valence-electron chi connectivity index (χ0n) is 14.1. The lowest BCUT2D eigenvalue weighted by molar-refractivity contribution is -0.131. The Bertz CT molecular complexity index is 602. The van der Waals surface area contributed by atoms with Crippen molar-refractivity contribution in [2.45, 2.75) is 24.7 Å². The van der Waals surface area contributed by atoms with Crippen molar-refractivity contribution in [3.8, 4) is 0 Å². The molecule has 0 saturated carbocycles. The van der Waals surface area contributed by atoms with Crippen molar-refractivity contribution in [1.82, 2.24) is 4.90 Å². The van der Waals surface area contributed by atoms with Crippen LogP contribution in [0.1, 0.15) is 19.8 Å². The summed E-state index contributed by atoms with van der Waals surface area (Å²) in [6.07, 6.45) is 1.39. The van der Waals surface area contributed by atoms with Gasteiger partial charge in [0.2, 0.25) is 11.8 Å². The second-order valence-corrected chi connectivity index (χ2v) is 7.23. The van der Waals surface area contributed by atoms with Gasteiger partial charge in [-0.2, -0.15) is 0 Å². The molecule has 1 saturated heterocycles. The fourth-order valence-corrected chi connectivity index (χ4v) is 4.15. The molecule has 2 amide bonds. The third-order valence-corrected chi connectivity index (χ3v) is 5.64. The van der Waals surface area contributed by atoms with Crippen LogP contribution in [0.4, 0.5) is 5.69 Å². The number of nitrogens with zero attached hydrogens (tertiary/aromatic N) is 2. The average Bonchev–Trinajstić information content (AvgIpc) is 3.11. The number of anilines is 1. The van der Waals surface area contributed by atoms with Crippen molar-refractivity contribution >= 4 is 29.3 Å². The van der Waals surface area contributed by atoms with Gasteiger partial charge in [0.15, 0.2) is 0 Å². The Balaban J connectivity index is 1.59. The maximum atomic E-state index is 12.6. The smallest absolute Gasteiger partial charge is 0.237 e. The quantitative estimate of drug-likeness (QED) is 0.792. The molecular weight excluding hydrogens is 324 g/mol. The largest absolute Gasteiger partial charge is 0.381 e. The Hall–Kier alpha value is -1.53. The molecule has 130 valence electrons. The molecule has 0 unspecified atom stereocenters. The fourth-order valence-electron chi connectivity index (χ4n) is 3.21. The maximum Gasteiger partial charge on any atom is 0.237 e. The minimum atomic E-state index is 0.0822. The first-order chi connectivity index (χ1) is 11.7. The number of thioether (sulfide) groups is 1. The van der Waals surface area contributed by atoms with Crippen LogP contribution in [-0.4, -0.2) is 55.3 Å². The first kappa shape index (κ1) is 17.3. The van der Waals surface area contributed by atoms with E-state index in [0.29, 0.717) is 31.2 Å². The third-order valence-electron chi connectivity index (χ3n) is 4.59. The number of hydrogen-bond donors (Lipinski definition) is 0. The summed E-state index contributed by atoms with van der Waals surface area (Å²) in [5, 5.41) is 0. The lowest BCUT2D eigenvalue weighted by atomic mass is 10.1. The summed E-state index contributed by atoms with van der Waals surface area (Å²) in [7, 11) is 0. The summed E-state index contributed by atoms with van der Waals surface area (Å²) in [6.45, 7) is 5.47. The number of amides is 2. The van der Waals surface area contributed by atoms with E-state index in [1.165, 1.54) is 0 Å². The molecule has 1 aromatic carbocycles. The van der Waals surface area contributed by atoms with Crippen LogP contribution in [0.2, 0.25) is 0 Å². The Morgan fingerprint density at radius 2 is 2.25 bits per heavy atom. The van der Waals surface area contributed by atoms with Crippen LogP contribution in [-0.2, 0) is 14.3 Å². The highest BCUT2D eigenvalue weighted by Gasteiger charge is 2.26. The molecule has 0 spiro atoms. The lowest BCUT2D eigenvalue weighted by Gasteiger charge is -2.30. The molecule has 24 heavy (non-hydrogen) atoms. The Morgan fingerprint density at radius 3 is 3.00 bits per heavy atom. The van der Waals surface area contributed by atoms with Gasteiger partial charge in [-0.3, -0.25) is 9.59 Å². The van der Waals surface area contributed by atoms with Crippen molar-refractivity contribution in [2.24, 2.45) is 5.92 Å². The van der Waals surface area contributed by atoms with Crippen molar-refractivity contribution in [2.75, 3.05) is 43.5 Å². The van der Waals surface area contributed by atoms with Gasteiger partial charge < -0.3 is 14.5 Å². The van der Waals surface area contributed by atoms with Gasteiger partial charge in [-0.05, 0) is 25.5 Å². The van der Waals surface area contributed by atoms with Crippen LogP contribution >= 0.6 is 11.8 Å². The van der Waals surface area contributed by atoms with E-state index in [1.54, 1.807) is 16.7 Å². The summed E-state index contributed by atoms with van der Waals surface area (Å²) >= 11 is 1.57. The molecule has 1 atom stereocenters. The van der Waals surface area contributed by atoms with E-state index in [2.05, 4.69) is 0 Å². The number of fused-ring (bicyclic) bond motifs is 1. The highest BCUT2D eigenvalue weighted by molar-refractivity contribution is 8.00. The van der Waals surface area contributed by atoms with Crippen LogP contribution < -0.4 is 4.90 Å². The van der Waals surface area contributed by atoms with Gasteiger partial charge in [0, 0.05) is 43.5 Å². The monoisotopic (exact) mass is 348 g/mol. The van der Waals surface area contributed by atoms with E-state index >= 15 is 0 Å². The van der Waals surface area contributed by atoms with Crippen LogP contribution in [0.15, 0.2) is 29.2 Å². The molecule has 6 heteroatoms. The van der Waals surface area contributed by atoms with E-state index in [-0.39, 0.29) is 11.8 Å². The number of ether oxygens (including phenoxy) is 1. The predicted molar refractivity (Wildman–Crippen MR) is 95.3 cm³/mol. The maximum absolute atomic E-state index is 12.6. The second-order valence-electron chi connectivity index (χ2n) is 6.21. The number of carbonyl (C=O) groups excluding carboxylic acids is 2. The highest BCUT2D eigenvalue weighted by atomic mass is 32.2. The number of para-hydroxylation sites is 1. The van der Waals surface area contributed by atoms with Gasteiger partial charge in [0.1, 0.15) is 0 Å². The summed E-state index contributed by atoms with van der Waals surface area (Å²) in [6, 6.07) is 7.90. The molecule has 2 heterocycles. The molecule has 5 nitrogen and oxygen atoms in total. The van der Waals surface area contributed by atoms with Gasteiger partial charge in [0.05, 0.1) is 18.0 Å². The van der Waals surface area contributed by atoms with E-state index in [4.69, 9.17) is 4.74 Å². The van der Waals surface area contributed by atoms with Crippen LogP contribution in [0.3, 0.4) is 0 Å². The molecule has 1 aromatic rings. The molecule has 0 bridgehead atoms. The molecule has 3 rings (SSSR count). The standard InChI is InChI=1S/C18H24N2O3S/c1-2-19(11-14-8-10-23-12-14)17(21)7-9-20-15-5-3-4-6-16(15)24-13-18(20)22/h3-6,14H,2,7-13H2,1H3/t14-/m0/s1. The molecule has 2 aliphatic rings. The average molecular weight is 348 g/mol. The van der Waals surface area contributed by atoms with Crippen molar-refractivity contribution in [1.29, 1.82) is 0 Å². The molecule has 0 N–H and O–H groups in total. The van der Waals surface area contributed by atoms with Crippen LogP contribution in [0, 0.1) is 5.92 Å². The first-order valence-electron chi connectivity index (χ1n) is 8.56. The number of benzene rings is 1. The zero-order valence-corrected chi connectivity index (χ0v) is 14.9. The number of hydrogen-bond acceptors (Lipinski definition) is 4. The zero-order chi connectivity index (χ0) is 16.9. The van der Waals surface area contributed by atoms with E-state index in [9.17, 15) is 9.59 Å². The van der Waals surface area contributed by atoms with Crippen LogP contribution in [0.5, 0.6) is 0 Å². The highest BCUT2D eigenvalue weighted by Crippen LogP contribution is 2.34. The molecule has 0 radical (unpaired) electrons. The summed E-state index contributed by atoms with van der Waals surface area (Å²) in [5.74, 6) is 1.09. The Kier molecular flexibility index (Phi) is 5.79. The topological polar surface area (TPSA) is 49.9 Å². The molecule has 0 aromatic heterocycles. The molecule has 0 aliphatic carbocycles. The normalized spacial score (nSPS) is 20.1. The van der Waals surface area contributed by atoms with Crippen molar-refractivity contribution in [3.05, 3.63) is 24.3 Å². The summed E-state index contributed by atoms with van der Waals surface area (Å²) in [5.41, 5.74) is 0.929. The molecule has 1 fully saturated rings. The fraction of sp³-hybridized carbons (Fsp3) is 0.556. The Labute approximate surface area is 147 Å². The van der Waals surface area contributed by atoms with E-state index < -0.39 is 0 Å². The van der Waals surface area contributed by atoms with Gasteiger partial charge in [0.25, 0.3) is 0 Å². The number of rotatable bonds is 6. The van der Waals surface area contributed by atoms with E-state index in [1.807, 2.05) is 36.1 Å². The van der Waals surface area contributed by atoms with Crippen molar-refractivity contribution in [3.63, 3.8) is 0 Å². The summed E-state index contributed by atoms with van der Waals surface area (Å²) < 4.78 is 5.40. The SMILES string of the molecule is CCN(C[C@@H]1CCOC1)C(=O)CCN1C(=O)CSc2ccccc21. The minimum absolute atomic E-state index is 0.0822. The second kappa shape index (κ2) is 8.03. The third kappa shape index (κ3) is 3.92. The Morgan fingerprint density at radius 1 is 1.42 bits per heavy atom. The lowest BCUT2D eigenvalue weighted by Crippen LogP contribution is -2.40. The van der Waals surface area contributed by atoms with Gasteiger partial charge >= 0.3 is 0 Å². The van der Waals surface area contributed by atoms with Gasteiger partial charge in [-0.15, -0.1) is 11.8 Å². The van der Waals surface area contributed by atoms with Crippen molar-refractivity contribution < 1.29 is 14.3 Å². The summed E-state index contributed by atoms with van der Waals surface area (Å²) in [4.78, 5) is 29.6. The van der Waals surface area contributed by atoms with Gasteiger partial charge in [-0.1, -0.05) is 12.1 Å². The predicted octanol–water partition coefficient (Wildman–Crippen LogP) is 2.40. The van der Waals surface area contributed by atoms with Crippen LogP contribution in [0.25, 0.3) is 0 Å². The molecule has 2 aliphatic heterocycles. The number of carbonyl (C=O) groups is 2. The molecular formula is C18H24N2O3S. The van der Waals surface area contributed by atoms with E-state index in [0.717, 1.165) is 36.8 Å². The first-order valence-corrected chi connectivity index (χ1v) is 9.55. The minimum Gasteiger partial charge on any atom is -0.381 e. The van der Waals surface area contributed by atoms with Gasteiger partial charge in [-0.25, -0.2) is 0 Å².